The largest absolute Gasteiger partial charge is 0.477 e. The molecule has 2 aromatic rings. The molecule has 0 atom stereocenters. The van der Waals surface area contributed by atoms with E-state index in [-0.39, 0.29) is 0 Å². The molecular formula is C13H12ClNO2. The van der Waals surface area contributed by atoms with Gasteiger partial charge in [0, 0.05) is 17.8 Å². The lowest BCUT2D eigenvalue weighted by atomic mass is 10.2. The summed E-state index contributed by atoms with van der Waals surface area (Å²) in [5.41, 5.74) is 2.07. The Labute approximate surface area is 104 Å². The molecule has 1 aromatic carbocycles. The van der Waals surface area contributed by atoms with Crippen molar-refractivity contribution in [3.05, 3.63) is 58.4 Å². The maximum absolute atomic E-state index is 11.1. The normalized spacial score (nSPS) is 10.5. The van der Waals surface area contributed by atoms with Crippen molar-refractivity contribution in [3.63, 3.8) is 0 Å². The molecule has 0 bridgehead atoms. The first-order chi connectivity index (χ1) is 8.08. The number of aromatic carboxylic acids is 1. The van der Waals surface area contributed by atoms with E-state index in [4.69, 9.17) is 16.7 Å². The zero-order valence-electron chi connectivity index (χ0n) is 9.35. The van der Waals surface area contributed by atoms with E-state index >= 15 is 0 Å². The average molecular weight is 250 g/mol. The van der Waals surface area contributed by atoms with Crippen LogP contribution in [0, 0.1) is 6.92 Å². The van der Waals surface area contributed by atoms with E-state index in [2.05, 4.69) is 0 Å². The highest BCUT2D eigenvalue weighted by Gasteiger charge is 2.13. The van der Waals surface area contributed by atoms with Gasteiger partial charge in [-0.25, -0.2) is 4.79 Å². The topological polar surface area (TPSA) is 42.2 Å². The first-order valence-corrected chi connectivity index (χ1v) is 5.59. The number of nitrogens with zero attached hydrogens (tertiary/aromatic N) is 1. The number of carboxylic acid groups (broad SMARTS) is 1. The lowest BCUT2D eigenvalue weighted by Crippen LogP contribution is -2.09. The Morgan fingerprint density at radius 3 is 2.82 bits per heavy atom. The molecule has 1 aromatic heterocycles. The van der Waals surface area contributed by atoms with E-state index < -0.39 is 5.97 Å². The van der Waals surface area contributed by atoms with Gasteiger partial charge in [-0.3, -0.25) is 0 Å². The zero-order chi connectivity index (χ0) is 12.4. The minimum atomic E-state index is -0.908. The van der Waals surface area contributed by atoms with E-state index in [0.29, 0.717) is 17.3 Å². The molecule has 0 radical (unpaired) electrons. The predicted molar refractivity (Wildman–Crippen MR) is 66.7 cm³/mol. The van der Waals surface area contributed by atoms with Crippen molar-refractivity contribution in [1.82, 2.24) is 4.57 Å². The summed E-state index contributed by atoms with van der Waals surface area (Å²) in [5.74, 6) is -0.908. The number of carbonyl (C=O) groups is 1. The van der Waals surface area contributed by atoms with Gasteiger partial charge < -0.3 is 9.67 Å². The molecule has 4 heteroatoms. The molecule has 0 aliphatic rings. The number of hydrogen-bond donors (Lipinski definition) is 1. The van der Waals surface area contributed by atoms with E-state index in [0.717, 1.165) is 11.1 Å². The van der Waals surface area contributed by atoms with Crippen molar-refractivity contribution in [2.75, 3.05) is 0 Å². The molecule has 0 fully saturated rings. The molecule has 0 saturated carbocycles. The van der Waals surface area contributed by atoms with Crippen molar-refractivity contribution in [2.45, 2.75) is 13.5 Å². The van der Waals surface area contributed by atoms with Gasteiger partial charge in [-0.1, -0.05) is 23.7 Å². The summed E-state index contributed by atoms with van der Waals surface area (Å²) in [7, 11) is 0. The Morgan fingerprint density at radius 2 is 2.18 bits per heavy atom. The average Bonchev–Trinajstić information content (AvgIpc) is 2.59. The fourth-order valence-corrected chi connectivity index (χ4v) is 2.05. The van der Waals surface area contributed by atoms with Gasteiger partial charge in [0.15, 0.2) is 0 Å². The van der Waals surface area contributed by atoms with Crippen LogP contribution < -0.4 is 0 Å². The standard InChI is InChI=1S/C13H12ClNO2/c1-9-5-6-15(12(9)13(16)17)8-10-3-2-4-11(14)7-10/h2-7H,8H2,1H3,(H,16,17). The molecule has 0 saturated heterocycles. The summed E-state index contributed by atoms with van der Waals surface area (Å²) in [6.45, 7) is 2.30. The summed E-state index contributed by atoms with van der Waals surface area (Å²) in [4.78, 5) is 11.1. The van der Waals surface area contributed by atoms with Crippen molar-refractivity contribution >= 4 is 17.6 Å². The summed E-state index contributed by atoms with van der Waals surface area (Å²) in [5, 5.41) is 9.78. The van der Waals surface area contributed by atoms with Crippen molar-refractivity contribution < 1.29 is 9.90 Å². The van der Waals surface area contributed by atoms with Gasteiger partial charge in [-0.15, -0.1) is 0 Å². The van der Waals surface area contributed by atoms with Crippen LogP contribution in [0.2, 0.25) is 5.02 Å². The molecule has 0 spiro atoms. The number of halogens is 1. The Morgan fingerprint density at radius 1 is 1.41 bits per heavy atom. The second-order valence-electron chi connectivity index (χ2n) is 3.91. The number of benzene rings is 1. The number of rotatable bonds is 3. The van der Waals surface area contributed by atoms with Gasteiger partial charge in [-0.2, -0.15) is 0 Å². The SMILES string of the molecule is Cc1ccn(Cc2cccc(Cl)c2)c1C(=O)O. The Balaban J connectivity index is 2.33. The fraction of sp³-hybridized carbons (Fsp3) is 0.154. The van der Waals surface area contributed by atoms with Crippen LogP contribution in [0.1, 0.15) is 21.6 Å². The molecule has 88 valence electrons. The van der Waals surface area contributed by atoms with Gasteiger partial charge in [0.2, 0.25) is 0 Å². The van der Waals surface area contributed by atoms with Crippen molar-refractivity contribution in [1.29, 1.82) is 0 Å². The van der Waals surface area contributed by atoms with Crippen LogP contribution in [0.3, 0.4) is 0 Å². The molecule has 0 aliphatic carbocycles. The van der Waals surface area contributed by atoms with E-state index in [1.165, 1.54) is 0 Å². The number of aromatic nitrogens is 1. The third-order valence-corrected chi connectivity index (χ3v) is 2.84. The quantitative estimate of drug-likeness (QED) is 0.908. The molecular weight excluding hydrogens is 238 g/mol. The van der Waals surface area contributed by atoms with E-state index in [1.807, 2.05) is 18.2 Å². The van der Waals surface area contributed by atoms with Crippen LogP contribution in [0.25, 0.3) is 0 Å². The number of carboxylic acids is 1. The van der Waals surface area contributed by atoms with Crippen molar-refractivity contribution in [3.8, 4) is 0 Å². The summed E-state index contributed by atoms with van der Waals surface area (Å²) >= 11 is 5.89. The van der Waals surface area contributed by atoms with E-state index in [1.54, 1.807) is 29.8 Å². The lowest BCUT2D eigenvalue weighted by molar-refractivity contribution is 0.0685. The molecule has 0 amide bonds. The van der Waals surface area contributed by atoms with Gasteiger partial charge in [0.1, 0.15) is 5.69 Å². The number of hydrogen-bond acceptors (Lipinski definition) is 1. The predicted octanol–water partition coefficient (Wildman–Crippen LogP) is 3.20. The van der Waals surface area contributed by atoms with Crippen LogP contribution >= 0.6 is 11.6 Å². The van der Waals surface area contributed by atoms with Crippen LogP contribution in [-0.4, -0.2) is 15.6 Å². The molecule has 0 unspecified atom stereocenters. The summed E-state index contributed by atoms with van der Waals surface area (Å²) in [6, 6.07) is 9.21. The zero-order valence-corrected chi connectivity index (χ0v) is 10.1. The molecule has 2 rings (SSSR count). The van der Waals surface area contributed by atoms with Gasteiger partial charge >= 0.3 is 5.97 Å². The minimum Gasteiger partial charge on any atom is -0.477 e. The van der Waals surface area contributed by atoms with Gasteiger partial charge in [-0.05, 0) is 36.2 Å². The Bertz CT molecular complexity index is 560. The molecule has 0 aliphatic heterocycles. The van der Waals surface area contributed by atoms with Crippen molar-refractivity contribution in [2.24, 2.45) is 0 Å². The third-order valence-electron chi connectivity index (χ3n) is 2.61. The van der Waals surface area contributed by atoms with Gasteiger partial charge in [0.25, 0.3) is 0 Å². The summed E-state index contributed by atoms with van der Waals surface area (Å²) < 4.78 is 1.71. The maximum atomic E-state index is 11.1. The first-order valence-electron chi connectivity index (χ1n) is 5.21. The highest BCUT2D eigenvalue weighted by Crippen LogP contribution is 2.15. The summed E-state index contributed by atoms with van der Waals surface area (Å²) in [6.07, 6.45) is 1.78. The second-order valence-corrected chi connectivity index (χ2v) is 4.35. The van der Waals surface area contributed by atoms with Crippen LogP contribution in [0.15, 0.2) is 36.5 Å². The minimum absolute atomic E-state index is 0.324. The highest BCUT2D eigenvalue weighted by molar-refractivity contribution is 6.30. The van der Waals surface area contributed by atoms with Crippen LogP contribution in [0.4, 0.5) is 0 Å². The maximum Gasteiger partial charge on any atom is 0.352 e. The van der Waals surface area contributed by atoms with Gasteiger partial charge in [0.05, 0.1) is 0 Å². The molecule has 1 N–H and O–H groups in total. The van der Waals surface area contributed by atoms with Crippen LogP contribution in [0.5, 0.6) is 0 Å². The monoisotopic (exact) mass is 249 g/mol. The number of aryl methyl sites for hydroxylation is 1. The second kappa shape index (κ2) is 4.63. The highest BCUT2D eigenvalue weighted by atomic mass is 35.5. The Kier molecular flexibility index (Phi) is 3.20. The first kappa shape index (κ1) is 11.7. The third kappa shape index (κ3) is 2.50. The van der Waals surface area contributed by atoms with E-state index in [9.17, 15) is 4.79 Å². The lowest BCUT2D eigenvalue weighted by Gasteiger charge is -2.07. The molecule has 17 heavy (non-hydrogen) atoms. The molecule has 3 nitrogen and oxygen atoms in total. The molecule has 1 heterocycles. The smallest absolute Gasteiger partial charge is 0.352 e. The fourth-order valence-electron chi connectivity index (χ4n) is 1.84. The van der Waals surface area contributed by atoms with Crippen LogP contribution in [-0.2, 0) is 6.54 Å². The Hall–Kier alpha value is -1.74.